The van der Waals surface area contributed by atoms with Crippen LogP contribution in [0.4, 0.5) is 11.6 Å². The zero-order chi connectivity index (χ0) is 16.1. The summed E-state index contributed by atoms with van der Waals surface area (Å²) in [4.78, 5) is 20.7. The number of hydrogen-bond donors (Lipinski definition) is 2. The van der Waals surface area contributed by atoms with E-state index in [9.17, 15) is 4.79 Å². The van der Waals surface area contributed by atoms with Crippen LogP contribution in [0, 0.1) is 0 Å². The summed E-state index contributed by atoms with van der Waals surface area (Å²) in [7, 11) is 1.60. The molecule has 1 aliphatic carbocycles. The number of nitrogens with one attached hydrogen (secondary N) is 2. The standard InChI is InChI=1S/C17H20N4O2/c1-23-15-9-5-4-8-13(15)20-17-18-11-10-14(21-17)16(22)19-12-6-2-3-7-12/h4-5,8-12H,2-3,6-7H2,1H3,(H,19,22)(H,18,20,21). The van der Waals surface area contributed by atoms with Crippen molar-refractivity contribution in [2.24, 2.45) is 0 Å². The number of anilines is 2. The average Bonchev–Trinajstić information content (AvgIpc) is 3.08. The highest BCUT2D eigenvalue weighted by molar-refractivity contribution is 5.92. The van der Waals surface area contributed by atoms with Gasteiger partial charge in [0, 0.05) is 12.2 Å². The molecule has 6 heteroatoms. The molecule has 0 radical (unpaired) electrons. The van der Waals surface area contributed by atoms with Gasteiger partial charge in [-0.25, -0.2) is 9.97 Å². The second-order valence-electron chi connectivity index (χ2n) is 5.55. The molecule has 1 amide bonds. The number of carbonyl (C=O) groups excluding carboxylic acids is 1. The number of amides is 1. The molecule has 120 valence electrons. The largest absolute Gasteiger partial charge is 0.495 e. The summed E-state index contributed by atoms with van der Waals surface area (Å²) in [5, 5.41) is 6.11. The Morgan fingerprint density at radius 2 is 2.00 bits per heavy atom. The van der Waals surface area contributed by atoms with Crippen LogP contribution in [0.15, 0.2) is 36.5 Å². The van der Waals surface area contributed by atoms with Gasteiger partial charge in [0.2, 0.25) is 5.95 Å². The smallest absolute Gasteiger partial charge is 0.270 e. The highest BCUT2D eigenvalue weighted by atomic mass is 16.5. The lowest BCUT2D eigenvalue weighted by molar-refractivity contribution is 0.0933. The van der Waals surface area contributed by atoms with Crippen LogP contribution in [0.3, 0.4) is 0 Å². The van der Waals surface area contributed by atoms with E-state index < -0.39 is 0 Å². The highest BCUT2D eigenvalue weighted by Crippen LogP contribution is 2.25. The molecule has 1 aromatic heterocycles. The fourth-order valence-electron chi connectivity index (χ4n) is 2.74. The Labute approximate surface area is 135 Å². The van der Waals surface area contributed by atoms with Crippen LogP contribution in [-0.4, -0.2) is 29.0 Å². The molecule has 6 nitrogen and oxygen atoms in total. The van der Waals surface area contributed by atoms with E-state index in [1.54, 1.807) is 19.4 Å². The van der Waals surface area contributed by atoms with E-state index in [4.69, 9.17) is 4.74 Å². The second-order valence-corrected chi connectivity index (χ2v) is 5.55. The normalized spacial score (nSPS) is 14.5. The fraction of sp³-hybridized carbons (Fsp3) is 0.353. The Hall–Kier alpha value is -2.63. The molecule has 2 N–H and O–H groups in total. The number of benzene rings is 1. The van der Waals surface area contributed by atoms with Crippen LogP contribution < -0.4 is 15.4 Å². The van der Waals surface area contributed by atoms with Crippen LogP contribution in [0.25, 0.3) is 0 Å². The summed E-state index contributed by atoms with van der Waals surface area (Å²) < 4.78 is 5.29. The number of ether oxygens (including phenoxy) is 1. The van der Waals surface area contributed by atoms with Crippen molar-refractivity contribution < 1.29 is 9.53 Å². The fourth-order valence-corrected chi connectivity index (χ4v) is 2.74. The van der Waals surface area contributed by atoms with Crippen LogP contribution >= 0.6 is 0 Å². The van der Waals surface area contributed by atoms with Gasteiger partial charge in [0.15, 0.2) is 0 Å². The van der Waals surface area contributed by atoms with Crippen molar-refractivity contribution in [3.63, 3.8) is 0 Å². The van der Waals surface area contributed by atoms with Gasteiger partial charge in [0.05, 0.1) is 12.8 Å². The third kappa shape index (κ3) is 3.77. The number of rotatable bonds is 5. The maximum atomic E-state index is 12.3. The van der Waals surface area contributed by atoms with Crippen molar-refractivity contribution in [3.8, 4) is 5.75 Å². The molecule has 0 spiro atoms. The van der Waals surface area contributed by atoms with Gasteiger partial charge in [0.1, 0.15) is 11.4 Å². The summed E-state index contributed by atoms with van der Waals surface area (Å²) >= 11 is 0. The van der Waals surface area contributed by atoms with Crippen molar-refractivity contribution >= 4 is 17.5 Å². The minimum Gasteiger partial charge on any atom is -0.495 e. The number of aromatic nitrogens is 2. The molecular weight excluding hydrogens is 292 g/mol. The van der Waals surface area contributed by atoms with Crippen LogP contribution in [0.1, 0.15) is 36.2 Å². The highest BCUT2D eigenvalue weighted by Gasteiger charge is 2.19. The third-order valence-corrected chi connectivity index (χ3v) is 3.93. The summed E-state index contributed by atoms with van der Waals surface area (Å²) in [5.74, 6) is 0.910. The maximum Gasteiger partial charge on any atom is 0.270 e. The van der Waals surface area contributed by atoms with Gasteiger partial charge in [-0.15, -0.1) is 0 Å². The lowest BCUT2D eigenvalue weighted by Gasteiger charge is -2.12. The van der Waals surface area contributed by atoms with E-state index in [-0.39, 0.29) is 11.9 Å². The van der Waals surface area contributed by atoms with Gasteiger partial charge in [-0.3, -0.25) is 4.79 Å². The van der Waals surface area contributed by atoms with Gasteiger partial charge >= 0.3 is 0 Å². The lowest BCUT2D eigenvalue weighted by Crippen LogP contribution is -2.33. The zero-order valence-electron chi connectivity index (χ0n) is 13.1. The summed E-state index contributed by atoms with van der Waals surface area (Å²) in [5.41, 5.74) is 1.12. The van der Waals surface area contributed by atoms with Gasteiger partial charge in [-0.1, -0.05) is 25.0 Å². The second kappa shape index (κ2) is 7.09. The van der Waals surface area contributed by atoms with E-state index in [1.165, 1.54) is 12.8 Å². The van der Waals surface area contributed by atoms with Crippen molar-refractivity contribution in [3.05, 3.63) is 42.2 Å². The van der Waals surface area contributed by atoms with Gasteiger partial charge in [-0.05, 0) is 31.0 Å². The van der Waals surface area contributed by atoms with Crippen LogP contribution in [0.2, 0.25) is 0 Å². The zero-order valence-corrected chi connectivity index (χ0v) is 13.1. The first-order valence-electron chi connectivity index (χ1n) is 7.80. The molecule has 1 heterocycles. The molecule has 0 atom stereocenters. The molecule has 2 aromatic rings. The van der Waals surface area contributed by atoms with Gasteiger partial charge in [0.25, 0.3) is 5.91 Å². The summed E-state index contributed by atoms with van der Waals surface area (Å²) in [6, 6.07) is 9.38. The monoisotopic (exact) mass is 312 g/mol. The number of para-hydroxylation sites is 2. The molecule has 23 heavy (non-hydrogen) atoms. The Balaban J connectivity index is 1.73. The minimum atomic E-state index is -0.151. The predicted octanol–water partition coefficient (Wildman–Crippen LogP) is 2.90. The SMILES string of the molecule is COc1ccccc1Nc1nccc(C(=O)NC2CCCC2)n1. The Kier molecular flexibility index (Phi) is 4.71. The van der Waals surface area contributed by atoms with Crippen molar-refractivity contribution in [1.82, 2.24) is 15.3 Å². The predicted molar refractivity (Wildman–Crippen MR) is 88.0 cm³/mol. The first-order chi connectivity index (χ1) is 11.3. The molecule has 1 aliphatic rings. The molecular formula is C17H20N4O2. The van der Waals surface area contributed by atoms with E-state index in [1.807, 2.05) is 24.3 Å². The Bertz CT molecular complexity index is 684. The number of hydrogen-bond acceptors (Lipinski definition) is 5. The van der Waals surface area contributed by atoms with Gasteiger partial charge < -0.3 is 15.4 Å². The van der Waals surface area contributed by atoms with Gasteiger partial charge in [-0.2, -0.15) is 0 Å². The summed E-state index contributed by atoms with van der Waals surface area (Å²) in [6.45, 7) is 0. The number of methoxy groups -OCH3 is 1. The summed E-state index contributed by atoms with van der Waals surface area (Å²) in [6.07, 6.45) is 6.02. The molecule has 1 aromatic carbocycles. The van der Waals surface area contributed by atoms with E-state index >= 15 is 0 Å². The molecule has 1 saturated carbocycles. The van der Waals surface area contributed by atoms with Crippen molar-refractivity contribution in [2.45, 2.75) is 31.7 Å². The van der Waals surface area contributed by atoms with E-state index in [0.717, 1.165) is 18.5 Å². The quantitative estimate of drug-likeness (QED) is 0.888. The number of nitrogens with zero attached hydrogens (tertiary/aromatic N) is 2. The Morgan fingerprint density at radius 1 is 1.22 bits per heavy atom. The molecule has 0 aliphatic heterocycles. The Morgan fingerprint density at radius 3 is 2.78 bits per heavy atom. The van der Waals surface area contributed by atoms with Crippen LogP contribution in [0.5, 0.6) is 5.75 Å². The molecule has 1 fully saturated rings. The van der Waals surface area contributed by atoms with Crippen molar-refractivity contribution in [2.75, 3.05) is 12.4 Å². The van der Waals surface area contributed by atoms with E-state index in [0.29, 0.717) is 17.4 Å². The topological polar surface area (TPSA) is 76.1 Å². The molecule has 3 rings (SSSR count). The molecule has 0 saturated heterocycles. The van der Waals surface area contributed by atoms with Crippen molar-refractivity contribution in [1.29, 1.82) is 0 Å². The average molecular weight is 312 g/mol. The first-order valence-corrected chi connectivity index (χ1v) is 7.80. The minimum absolute atomic E-state index is 0.151. The third-order valence-electron chi connectivity index (χ3n) is 3.93. The maximum absolute atomic E-state index is 12.3. The molecule has 0 unspecified atom stereocenters. The lowest BCUT2D eigenvalue weighted by atomic mass is 10.2. The molecule has 0 bridgehead atoms. The first kappa shape index (κ1) is 15.3. The van der Waals surface area contributed by atoms with E-state index in [2.05, 4.69) is 20.6 Å². The van der Waals surface area contributed by atoms with Crippen LogP contribution in [-0.2, 0) is 0 Å². The number of carbonyl (C=O) groups is 1.